The summed E-state index contributed by atoms with van der Waals surface area (Å²) in [5.74, 6) is 0.896. The number of amides is 1. The molecule has 0 saturated carbocycles. The Morgan fingerprint density at radius 3 is 2.50 bits per heavy atom. The third-order valence-electron chi connectivity index (χ3n) is 4.50. The summed E-state index contributed by atoms with van der Waals surface area (Å²) < 4.78 is 5.21. The van der Waals surface area contributed by atoms with Crippen LogP contribution in [0.1, 0.15) is 40.6 Å². The van der Waals surface area contributed by atoms with Crippen molar-refractivity contribution in [2.75, 3.05) is 13.1 Å². The Morgan fingerprint density at radius 2 is 1.91 bits per heavy atom. The minimum absolute atomic E-state index is 0.0268. The number of hydrogen-bond acceptors (Lipinski definition) is 3. The summed E-state index contributed by atoms with van der Waals surface area (Å²) in [6, 6.07) is 11.5. The second-order valence-electron chi connectivity index (χ2n) is 5.88. The standard InChI is InChI=1S/C18H21NO3/c1-13-16(9-12-22-13)18(21)19-10-7-15(8-11-19)17(20)14-5-3-2-4-6-14/h2-6,9,12,15,17,20H,7-8,10-11H2,1H3/t17-/m1/s1. The minimum Gasteiger partial charge on any atom is -0.469 e. The Hall–Kier alpha value is -2.07. The summed E-state index contributed by atoms with van der Waals surface area (Å²) in [6.07, 6.45) is 2.74. The Labute approximate surface area is 130 Å². The summed E-state index contributed by atoms with van der Waals surface area (Å²) >= 11 is 0. The molecule has 22 heavy (non-hydrogen) atoms. The van der Waals surface area contributed by atoms with Crippen LogP contribution in [0.5, 0.6) is 0 Å². The third kappa shape index (κ3) is 2.92. The van der Waals surface area contributed by atoms with Crippen molar-refractivity contribution in [3.63, 3.8) is 0 Å². The number of aryl methyl sites for hydroxylation is 1. The van der Waals surface area contributed by atoms with Gasteiger partial charge in [-0.25, -0.2) is 0 Å². The quantitative estimate of drug-likeness (QED) is 0.947. The van der Waals surface area contributed by atoms with Crippen molar-refractivity contribution >= 4 is 5.91 Å². The lowest BCUT2D eigenvalue weighted by Crippen LogP contribution is -2.39. The van der Waals surface area contributed by atoms with Crippen LogP contribution in [0.4, 0.5) is 0 Å². The molecule has 2 aromatic rings. The Bertz CT molecular complexity index is 627. The first-order chi connectivity index (χ1) is 10.7. The average molecular weight is 299 g/mol. The molecule has 1 amide bonds. The summed E-state index contributed by atoms with van der Waals surface area (Å²) in [5, 5.41) is 10.5. The first-order valence-corrected chi connectivity index (χ1v) is 7.73. The highest BCUT2D eigenvalue weighted by Crippen LogP contribution is 2.31. The van der Waals surface area contributed by atoms with Crippen molar-refractivity contribution in [2.24, 2.45) is 5.92 Å². The van der Waals surface area contributed by atoms with E-state index in [2.05, 4.69) is 0 Å². The maximum Gasteiger partial charge on any atom is 0.257 e. The van der Waals surface area contributed by atoms with Gasteiger partial charge in [-0.2, -0.15) is 0 Å². The molecule has 3 rings (SSSR count). The lowest BCUT2D eigenvalue weighted by atomic mass is 9.87. The summed E-state index contributed by atoms with van der Waals surface area (Å²) in [5.41, 5.74) is 1.60. The van der Waals surface area contributed by atoms with E-state index in [9.17, 15) is 9.90 Å². The molecule has 1 aromatic carbocycles. The lowest BCUT2D eigenvalue weighted by molar-refractivity contribution is 0.0461. The summed E-state index contributed by atoms with van der Waals surface area (Å²) in [6.45, 7) is 3.16. The van der Waals surface area contributed by atoms with Gasteiger partial charge in [0.25, 0.3) is 5.91 Å². The van der Waals surface area contributed by atoms with E-state index in [1.54, 1.807) is 19.3 Å². The van der Waals surface area contributed by atoms with E-state index in [-0.39, 0.29) is 11.8 Å². The second kappa shape index (κ2) is 6.36. The second-order valence-corrected chi connectivity index (χ2v) is 5.88. The van der Waals surface area contributed by atoms with Gasteiger partial charge >= 0.3 is 0 Å². The van der Waals surface area contributed by atoms with E-state index in [4.69, 9.17) is 4.42 Å². The number of nitrogens with zero attached hydrogens (tertiary/aromatic N) is 1. The highest BCUT2D eigenvalue weighted by atomic mass is 16.3. The van der Waals surface area contributed by atoms with Crippen LogP contribution in [0.15, 0.2) is 47.1 Å². The number of aliphatic hydroxyl groups is 1. The first kappa shape index (κ1) is 14.9. The predicted octanol–water partition coefficient (Wildman–Crippen LogP) is 3.17. The number of carbonyl (C=O) groups is 1. The third-order valence-corrected chi connectivity index (χ3v) is 4.50. The molecule has 1 fully saturated rings. The number of aliphatic hydroxyl groups excluding tert-OH is 1. The number of carbonyl (C=O) groups excluding carboxylic acids is 1. The lowest BCUT2D eigenvalue weighted by Gasteiger charge is -2.34. The van der Waals surface area contributed by atoms with E-state index in [1.807, 2.05) is 35.2 Å². The van der Waals surface area contributed by atoms with Crippen molar-refractivity contribution in [1.29, 1.82) is 0 Å². The maximum absolute atomic E-state index is 12.4. The van der Waals surface area contributed by atoms with Crippen molar-refractivity contribution in [3.05, 3.63) is 59.5 Å². The Morgan fingerprint density at radius 1 is 1.23 bits per heavy atom. The zero-order valence-electron chi connectivity index (χ0n) is 12.7. The van der Waals surface area contributed by atoms with Gasteiger partial charge in [-0.1, -0.05) is 30.3 Å². The Kier molecular flexibility index (Phi) is 4.29. The topological polar surface area (TPSA) is 53.7 Å². The van der Waals surface area contributed by atoms with Crippen molar-refractivity contribution in [1.82, 2.24) is 4.90 Å². The van der Waals surface area contributed by atoms with E-state index >= 15 is 0 Å². The molecule has 1 aromatic heterocycles. The number of rotatable bonds is 3. The van der Waals surface area contributed by atoms with Crippen LogP contribution < -0.4 is 0 Å². The van der Waals surface area contributed by atoms with E-state index < -0.39 is 6.10 Å². The molecule has 0 bridgehead atoms. The molecule has 1 N–H and O–H groups in total. The molecule has 0 unspecified atom stereocenters. The molecule has 4 nitrogen and oxygen atoms in total. The molecule has 1 atom stereocenters. The average Bonchev–Trinajstić information content (AvgIpc) is 3.00. The molecular weight excluding hydrogens is 278 g/mol. The van der Waals surface area contributed by atoms with Crippen LogP contribution in [-0.4, -0.2) is 29.0 Å². The number of hydrogen-bond donors (Lipinski definition) is 1. The fourth-order valence-corrected chi connectivity index (χ4v) is 3.12. The largest absolute Gasteiger partial charge is 0.469 e. The first-order valence-electron chi connectivity index (χ1n) is 7.73. The van der Waals surface area contributed by atoms with Crippen LogP contribution in [0.3, 0.4) is 0 Å². The number of piperidine rings is 1. The fraction of sp³-hybridized carbons (Fsp3) is 0.389. The van der Waals surface area contributed by atoms with Gasteiger partial charge in [0.05, 0.1) is 17.9 Å². The molecule has 1 aliphatic rings. The van der Waals surface area contributed by atoms with Crippen LogP contribution in [0, 0.1) is 12.8 Å². The predicted molar refractivity (Wildman–Crippen MR) is 83.5 cm³/mol. The van der Waals surface area contributed by atoms with Gasteiger partial charge in [0, 0.05) is 13.1 Å². The van der Waals surface area contributed by atoms with Gasteiger partial charge in [0.2, 0.25) is 0 Å². The molecule has 4 heteroatoms. The van der Waals surface area contributed by atoms with Crippen LogP contribution in [0.25, 0.3) is 0 Å². The monoisotopic (exact) mass is 299 g/mol. The van der Waals surface area contributed by atoms with Crippen LogP contribution in [-0.2, 0) is 0 Å². The van der Waals surface area contributed by atoms with Gasteiger partial charge in [-0.15, -0.1) is 0 Å². The molecule has 0 radical (unpaired) electrons. The molecule has 0 spiro atoms. The minimum atomic E-state index is -0.450. The smallest absolute Gasteiger partial charge is 0.257 e. The highest BCUT2D eigenvalue weighted by molar-refractivity contribution is 5.95. The highest BCUT2D eigenvalue weighted by Gasteiger charge is 2.29. The van der Waals surface area contributed by atoms with Gasteiger partial charge in [0.15, 0.2) is 0 Å². The summed E-state index contributed by atoms with van der Waals surface area (Å²) in [7, 11) is 0. The SMILES string of the molecule is Cc1occc1C(=O)N1CCC([C@H](O)c2ccccc2)CC1. The van der Waals surface area contributed by atoms with E-state index in [0.717, 1.165) is 18.4 Å². The van der Waals surface area contributed by atoms with Crippen molar-refractivity contribution in [2.45, 2.75) is 25.9 Å². The maximum atomic E-state index is 12.4. The zero-order valence-corrected chi connectivity index (χ0v) is 12.7. The van der Waals surface area contributed by atoms with Crippen LogP contribution >= 0.6 is 0 Å². The number of furan rings is 1. The molecule has 1 aliphatic heterocycles. The number of likely N-dealkylation sites (tertiary alicyclic amines) is 1. The molecule has 0 aliphatic carbocycles. The van der Waals surface area contributed by atoms with Crippen molar-refractivity contribution < 1.29 is 14.3 Å². The van der Waals surface area contributed by atoms with Gasteiger partial charge in [-0.05, 0) is 37.3 Å². The molecule has 1 saturated heterocycles. The summed E-state index contributed by atoms with van der Waals surface area (Å²) in [4.78, 5) is 14.3. The molecular formula is C18H21NO3. The van der Waals surface area contributed by atoms with Crippen LogP contribution in [0.2, 0.25) is 0 Å². The Balaban J connectivity index is 1.61. The van der Waals surface area contributed by atoms with Gasteiger partial charge < -0.3 is 14.4 Å². The molecule has 116 valence electrons. The fourth-order valence-electron chi connectivity index (χ4n) is 3.12. The van der Waals surface area contributed by atoms with Gasteiger partial charge in [-0.3, -0.25) is 4.79 Å². The molecule has 2 heterocycles. The zero-order chi connectivity index (χ0) is 15.5. The van der Waals surface area contributed by atoms with Crippen molar-refractivity contribution in [3.8, 4) is 0 Å². The number of benzene rings is 1. The van der Waals surface area contributed by atoms with E-state index in [0.29, 0.717) is 24.4 Å². The normalized spacial score (nSPS) is 17.5. The van der Waals surface area contributed by atoms with Gasteiger partial charge in [0.1, 0.15) is 5.76 Å². The van der Waals surface area contributed by atoms with E-state index in [1.165, 1.54) is 0 Å².